The first-order valence-corrected chi connectivity index (χ1v) is 5.74. The van der Waals surface area contributed by atoms with Crippen LogP contribution in [0.1, 0.15) is 38.2 Å². The standard InChI is InChI=1S/C13H20FN/c1-3-11(9-10-15-4-2)12-5-7-13(14)8-6-12/h5-8,11,15H,3-4,9-10H2,1-2H3. The number of hydrogen-bond acceptors (Lipinski definition) is 1. The second-order valence-electron chi connectivity index (χ2n) is 3.80. The second-order valence-corrected chi connectivity index (χ2v) is 3.80. The van der Waals surface area contributed by atoms with Gasteiger partial charge in [-0.1, -0.05) is 26.0 Å². The van der Waals surface area contributed by atoms with E-state index in [0.717, 1.165) is 25.9 Å². The zero-order valence-corrected chi connectivity index (χ0v) is 9.59. The predicted molar refractivity (Wildman–Crippen MR) is 62.6 cm³/mol. The highest BCUT2D eigenvalue weighted by molar-refractivity contribution is 5.20. The van der Waals surface area contributed by atoms with Gasteiger partial charge in [-0.2, -0.15) is 0 Å². The highest BCUT2D eigenvalue weighted by Gasteiger charge is 2.08. The van der Waals surface area contributed by atoms with Crippen molar-refractivity contribution in [3.05, 3.63) is 35.6 Å². The molecule has 1 aromatic carbocycles. The Morgan fingerprint density at radius 1 is 1.20 bits per heavy atom. The summed E-state index contributed by atoms with van der Waals surface area (Å²) in [6, 6.07) is 6.89. The Morgan fingerprint density at radius 2 is 1.87 bits per heavy atom. The van der Waals surface area contributed by atoms with Gasteiger partial charge in [-0.05, 0) is 49.5 Å². The molecule has 1 rings (SSSR count). The summed E-state index contributed by atoms with van der Waals surface area (Å²) < 4.78 is 12.7. The Kier molecular flexibility index (Phi) is 5.33. The van der Waals surface area contributed by atoms with Gasteiger partial charge in [-0.25, -0.2) is 4.39 Å². The lowest BCUT2D eigenvalue weighted by molar-refractivity contribution is 0.562. The van der Waals surface area contributed by atoms with Crippen molar-refractivity contribution in [3.8, 4) is 0 Å². The Morgan fingerprint density at radius 3 is 2.40 bits per heavy atom. The fourth-order valence-electron chi connectivity index (χ4n) is 1.79. The fourth-order valence-corrected chi connectivity index (χ4v) is 1.79. The van der Waals surface area contributed by atoms with Gasteiger partial charge in [0, 0.05) is 0 Å². The molecule has 0 aliphatic rings. The molecule has 1 aromatic rings. The van der Waals surface area contributed by atoms with Crippen LogP contribution in [0.2, 0.25) is 0 Å². The minimum atomic E-state index is -0.153. The largest absolute Gasteiger partial charge is 0.317 e. The van der Waals surface area contributed by atoms with E-state index in [1.807, 2.05) is 12.1 Å². The van der Waals surface area contributed by atoms with Gasteiger partial charge < -0.3 is 5.32 Å². The van der Waals surface area contributed by atoms with Gasteiger partial charge in [0.25, 0.3) is 0 Å². The lowest BCUT2D eigenvalue weighted by Crippen LogP contribution is -2.16. The van der Waals surface area contributed by atoms with Gasteiger partial charge in [-0.15, -0.1) is 0 Å². The maximum atomic E-state index is 12.7. The van der Waals surface area contributed by atoms with Gasteiger partial charge in [0.05, 0.1) is 0 Å². The van der Waals surface area contributed by atoms with E-state index < -0.39 is 0 Å². The van der Waals surface area contributed by atoms with Gasteiger partial charge in [0.1, 0.15) is 5.82 Å². The molecule has 0 saturated heterocycles. The SMILES string of the molecule is CCNCCC(CC)c1ccc(F)cc1. The average Bonchev–Trinajstić information content (AvgIpc) is 2.26. The smallest absolute Gasteiger partial charge is 0.123 e. The summed E-state index contributed by atoms with van der Waals surface area (Å²) in [7, 11) is 0. The van der Waals surface area contributed by atoms with Crippen molar-refractivity contribution in [2.24, 2.45) is 0 Å². The first-order chi connectivity index (χ1) is 7.27. The van der Waals surface area contributed by atoms with Crippen LogP contribution in [0.15, 0.2) is 24.3 Å². The van der Waals surface area contributed by atoms with E-state index in [1.54, 1.807) is 12.1 Å². The molecular formula is C13H20FN. The zero-order valence-electron chi connectivity index (χ0n) is 9.59. The molecular weight excluding hydrogens is 189 g/mol. The number of hydrogen-bond donors (Lipinski definition) is 1. The van der Waals surface area contributed by atoms with E-state index in [-0.39, 0.29) is 5.82 Å². The van der Waals surface area contributed by atoms with E-state index in [2.05, 4.69) is 19.2 Å². The predicted octanol–water partition coefficient (Wildman–Crippen LogP) is 3.32. The maximum Gasteiger partial charge on any atom is 0.123 e. The van der Waals surface area contributed by atoms with Crippen molar-refractivity contribution in [1.82, 2.24) is 5.32 Å². The molecule has 1 nitrogen and oxygen atoms in total. The number of benzene rings is 1. The summed E-state index contributed by atoms with van der Waals surface area (Å²) in [5, 5.41) is 3.32. The average molecular weight is 209 g/mol. The number of nitrogens with one attached hydrogen (secondary N) is 1. The molecule has 0 radical (unpaired) electrons. The van der Waals surface area contributed by atoms with Crippen molar-refractivity contribution in [3.63, 3.8) is 0 Å². The maximum absolute atomic E-state index is 12.7. The highest BCUT2D eigenvalue weighted by atomic mass is 19.1. The molecule has 0 aliphatic carbocycles. The molecule has 15 heavy (non-hydrogen) atoms. The summed E-state index contributed by atoms with van der Waals surface area (Å²) in [6.07, 6.45) is 2.23. The quantitative estimate of drug-likeness (QED) is 0.709. The molecule has 0 bridgehead atoms. The van der Waals surface area contributed by atoms with Gasteiger partial charge >= 0.3 is 0 Å². The van der Waals surface area contributed by atoms with E-state index in [9.17, 15) is 4.39 Å². The molecule has 1 unspecified atom stereocenters. The third-order valence-corrected chi connectivity index (χ3v) is 2.75. The van der Waals surface area contributed by atoms with E-state index in [1.165, 1.54) is 5.56 Å². The van der Waals surface area contributed by atoms with Crippen molar-refractivity contribution in [2.45, 2.75) is 32.6 Å². The molecule has 1 atom stereocenters. The highest BCUT2D eigenvalue weighted by Crippen LogP contribution is 2.22. The van der Waals surface area contributed by atoms with Crippen LogP contribution < -0.4 is 5.32 Å². The lowest BCUT2D eigenvalue weighted by atomic mass is 9.93. The zero-order chi connectivity index (χ0) is 11.1. The van der Waals surface area contributed by atoms with Gasteiger partial charge in [0.15, 0.2) is 0 Å². The lowest BCUT2D eigenvalue weighted by Gasteiger charge is -2.15. The molecule has 0 aromatic heterocycles. The van der Waals surface area contributed by atoms with E-state index in [4.69, 9.17) is 0 Å². The van der Waals surface area contributed by atoms with Gasteiger partial charge in [-0.3, -0.25) is 0 Å². The van der Waals surface area contributed by atoms with Gasteiger partial charge in [0.2, 0.25) is 0 Å². The van der Waals surface area contributed by atoms with Crippen LogP contribution in [-0.4, -0.2) is 13.1 Å². The Bertz CT molecular complexity index is 268. The van der Waals surface area contributed by atoms with E-state index in [0.29, 0.717) is 5.92 Å². The Labute approximate surface area is 91.7 Å². The van der Waals surface area contributed by atoms with Crippen LogP contribution in [0.3, 0.4) is 0 Å². The topological polar surface area (TPSA) is 12.0 Å². The number of halogens is 1. The molecule has 2 heteroatoms. The third-order valence-electron chi connectivity index (χ3n) is 2.75. The molecule has 0 saturated carbocycles. The van der Waals surface area contributed by atoms with Crippen LogP contribution >= 0.6 is 0 Å². The molecule has 0 amide bonds. The first-order valence-electron chi connectivity index (χ1n) is 5.74. The van der Waals surface area contributed by atoms with Crippen molar-refractivity contribution in [1.29, 1.82) is 0 Å². The summed E-state index contributed by atoms with van der Waals surface area (Å²) in [6.45, 7) is 6.34. The van der Waals surface area contributed by atoms with E-state index >= 15 is 0 Å². The normalized spacial score (nSPS) is 12.7. The Balaban J connectivity index is 2.53. The summed E-state index contributed by atoms with van der Waals surface area (Å²) in [5.41, 5.74) is 1.25. The molecule has 84 valence electrons. The first kappa shape index (κ1) is 12.2. The minimum absolute atomic E-state index is 0.153. The molecule has 0 aliphatic heterocycles. The number of rotatable bonds is 6. The van der Waals surface area contributed by atoms with Crippen LogP contribution in [0, 0.1) is 5.82 Å². The van der Waals surface area contributed by atoms with Crippen LogP contribution in [0.25, 0.3) is 0 Å². The Hall–Kier alpha value is -0.890. The van der Waals surface area contributed by atoms with Crippen LogP contribution in [0.5, 0.6) is 0 Å². The van der Waals surface area contributed by atoms with Crippen molar-refractivity contribution in [2.75, 3.05) is 13.1 Å². The monoisotopic (exact) mass is 209 g/mol. The summed E-state index contributed by atoms with van der Waals surface area (Å²) in [4.78, 5) is 0. The molecule has 0 heterocycles. The summed E-state index contributed by atoms with van der Waals surface area (Å²) in [5.74, 6) is 0.393. The second kappa shape index (κ2) is 6.57. The van der Waals surface area contributed by atoms with Crippen LogP contribution in [-0.2, 0) is 0 Å². The molecule has 0 fully saturated rings. The van der Waals surface area contributed by atoms with Crippen molar-refractivity contribution < 1.29 is 4.39 Å². The minimum Gasteiger partial charge on any atom is -0.317 e. The third kappa shape index (κ3) is 4.00. The van der Waals surface area contributed by atoms with Crippen LogP contribution in [0.4, 0.5) is 4.39 Å². The molecule has 0 spiro atoms. The fraction of sp³-hybridized carbons (Fsp3) is 0.538. The molecule has 1 N–H and O–H groups in total. The summed E-state index contributed by atoms with van der Waals surface area (Å²) >= 11 is 0. The van der Waals surface area contributed by atoms with Crippen molar-refractivity contribution >= 4 is 0 Å².